The molecule has 24 heavy (non-hydrogen) atoms. The number of carbonyl (C=O) groups is 2. The Bertz CT molecular complexity index is 737. The molecule has 1 fully saturated rings. The van der Waals surface area contributed by atoms with Crippen molar-refractivity contribution in [2.75, 3.05) is 13.2 Å². The van der Waals surface area contributed by atoms with Crippen LogP contribution in [0.1, 0.15) is 33.6 Å². The predicted molar refractivity (Wildman–Crippen MR) is 89.2 cm³/mol. The lowest BCUT2D eigenvalue weighted by molar-refractivity contribution is -0.121. The Labute approximate surface area is 144 Å². The van der Waals surface area contributed by atoms with Crippen molar-refractivity contribution in [3.05, 3.63) is 39.4 Å². The van der Waals surface area contributed by atoms with Gasteiger partial charge in [-0.3, -0.25) is 9.59 Å². The summed E-state index contributed by atoms with van der Waals surface area (Å²) in [5.41, 5.74) is 1.72. The van der Waals surface area contributed by atoms with Crippen LogP contribution < -0.4 is 5.32 Å². The lowest BCUT2D eigenvalue weighted by Gasteiger charge is -2.17. The third-order valence-corrected chi connectivity index (χ3v) is 5.13. The van der Waals surface area contributed by atoms with Crippen molar-refractivity contribution in [1.82, 2.24) is 10.5 Å². The molecular weight excluding hydrogens is 328 g/mol. The van der Waals surface area contributed by atoms with Crippen LogP contribution in [0.3, 0.4) is 0 Å². The lowest BCUT2D eigenvalue weighted by Crippen LogP contribution is -2.41. The number of nitrogens with one attached hydrogen (secondary N) is 1. The molecule has 1 N–H and O–H groups in total. The SMILES string of the molecule is CC(=O)c1cc(CC(=O)N[C@@H]2COC[C@@H]2Cc2cc(C)no2)cs1. The Balaban J connectivity index is 1.55. The van der Waals surface area contributed by atoms with Gasteiger partial charge in [-0.25, -0.2) is 0 Å². The van der Waals surface area contributed by atoms with E-state index in [2.05, 4.69) is 10.5 Å². The smallest absolute Gasteiger partial charge is 0.224 e. The summed E-state index contributed by atoms with van der Waals surface area (Å²) in [6, 6.07) is 3.66. The van der Waals surface area contributed by atoms with E-state index in [4.69, 9.17) is 9.26 Å². The van der Waals surface area contributed by atoms with E-state index < -0.39 is 0 Å². The number of ketones is 1. The summed E-state index contributed by atoms with van der Waals surface area (Å²) in [7, 11) is 0. The molecule has 0 unspecified atom stereocenters. The molecule has 0 bridgehead atoms. The molecular formula is C17H20N2O4S. The normalized spacial score (nSPS) is 20.2. The highest BCUT2D eigenvalue weighted by Crippen LogP contribution is 2.20. The zero-order valence-electron chi connectivity index (χ0n) is 13.7. The van der Waals surface area contributed by atoms with Gasteiger partial charge in [0.25, 0.3) is 0 Å². The number of aromatic nitrogens is 1. The van der Waals surface area contributed by atoms with Crippen molar-refractivity contribution < 1.29 is 18.8 Å². The fourth-order valence-electron chi connectivity index (χ4n) is 2.83. The van der Waals surface area contributed by atoms with Crippen LogP contribution in [-0.4, -0.2) is 36.1 Å². The molecule has 3 rings (SSSR count). The van der Waals surface area contributed by atoms with Crippen LogP contribution in [0.25, 0.3) is 0 Å². The van der Waals surface area contributed by atoms with E-state index in [1.165, 1.54) is 18.3 Å². The maximum Gasteiger partial charge on any atom is 0.224 e. The van der Waals surface area contributed by atoms with Crippen molar-refractivity contribution in [1.29, 1.82) is 0 Å². The van der Waals surface area contributed by atoms with Crippen molar-refractivity contribution >= 4 is 23.0 Å². The average Bonchev–Trinajstić information content (AvgIpc) is 3.23. The largest absolute Gasteiger partial charge is 0.379 e. The predicted octanol–water partition coefficient (Wildman–Crippen LogP) is 2.16. The molecule has 2 aromatic heterocycles. The first kappa shape index (κ1) is 16.9. The molecule has 3 heterocycles. The van der Waals surface area contributed by atoms with Gasteiger partial charge in [0.15, 0.2) is 5.78 Å². The van der Waals surface area contributed by atoms with Gasteiger partial charge < -0.3 is 14.6 Å². The zero-order chi connectivity index (χ0) is 17.1. The molecule has 128 valence electrons. The average molecular weight is 348 g/mol. The third-order valence-electron chi connectivity index (χ3n) is 4.05. The molecule has 0 aromatic carbocycles. The molecule has 0 saturated carbocycles. The molecule has 1 amide bonds. The zero-order valence-corrected chi connectivity index (χ0v) is 14.5. The number of carbonyl (C=O) groups excluding carboxylic acids is 2. The summed E-state index contributed by atoms with van der Waals surface area (Å²) in [6.45, 7) is 4.51. The second kappa shape index (κ2) is 7.27. The van der Waals surface area contributed by atoms with Crippen molar-refractivity contribution in [2.24, 2.45) is 5.92 Å². The maximum atomic E-state index is 12.3. The van der Waals surface area contributed by atoms with E-state index in [1.54, 1.807) is 6.07 Å². The second-order valence-electron chi connectivity index (χ2n) is 6.16. The minimum atomic E-state index is -0.0582. The highest BCUT2D eigenvalue weighted by Gasteiger charge is 2.30. The van der Waals surface area contributed by atoms with Crippen LogP contribution >= 0.6 is 11.3 Å². The highest BCUT2D eigenvalue weighted by atomic mass is 32.1. The molecule has 1 aliphatic rings. The minimum absolute atomic E-state index is 0.0262. The van der Waals surface area contributed by atoms with Gasteiger partial charge in [-0.1, -0.05) is 5.16 Å². The number of Topliss-reactive ketones (excluding diaryl/α,β-unsaturated/α-hetero) is 1. The highest BCUT2D eigenvalue weighted by molar-refractivity contribution is 7.12. The molecule has 0 spiro atoms. The van der Waals surface area contributed by atoms with Gasteiger partial charge in [0.2, 0.25) is 5.91 Å². The molecule has 7 heteroatoms. The Morgan fingerprint density at radius 1 is 1.38 bits per heavy atom. The van der Waals surface area contributed by atoms with E-state index in [0.29, 0.717) is 24.5 Å². The molecule has 2 atom stereocenters. The monoisotopic (exact) mass is 348 g/mol. The number of aryl methyl sites for hydroxylation is 1. The van der Waals surface area contributed by atoms with Gasteiger partial charge in [-0.15, -0.1) is 11.3 Å². The van der Waals surface area contributed by atoms with Gasteiger partial charge in [0.1, 0.15) is 5.76 Å². The van der Waals surface area contributed by atoms with Crippen LogP contribution in [-0.2, 0) is 22.4 Å². The Morgan fingerprint density at radius 2 is 2.21 bits per heavy atom. The number of amides is 1. The second-order valence-corrected chi connectivity index (χ2v) is 7.07. The first-order chi connectivity index (χ1) is 11.5. The van der Waals surface area contributed by atoms with E-state index in [1.807, 2.05) is 18.4 Å². The lowest BCUT2D eigenvalue weighted by atomic mass is 9.98. The molecule has 0 aliphatic carbocycles. The van der Waals surface area contributed by atoms with Crippen LogP contribution in [0.2, 0.25) is 0 Å². The molecule has 1 aliphatic heterocycles. The summed E-state index contributed by atoms with van der Waals surface area (Å²) in [4.78, 5) is 24.3. The number of hydrogen-bond acceptors (Lipinski definition) is 6. The summed E-state index contributed by atoms with van der Waals surface area (Å²) in [5.74, 6) is 0.957. The summed E-state index contributed by atoms with van der Waals surface area (Å²) in [6.07, 6.45) is 0.965. The summed E-state index contributed by atoms with van der Waals surface area (Å²) in [5, 5.41) is 8.78. The van der Waals surface area contributed by atoms with Crippen molar-refractivity contribution in [3.8, 4) is 0 Å². The quantitative estimate of drug-likeness (QED) is 0.809. The van der Waals surface area contributed by atoms with Crippen LogP contribution in [0.15, 0.2) is 22.0 Å². The van der Waals surface area contributed by atoms with Crippen LogP contribution in [0, 0.1) is 12.8 Å². The molecule has 0 radical (unpaired) electrons. The molecule has 2 aromatic rings. The summed E-state index contributed by atoms with van der Waals surface area (Å²) < 4.78 is 10.8. The third kappa shape index (κ3) is 4.10. The number of nitrogens with zero attached hydrogens (tertiary/aromatic N) is 1. The standard InChI is InChI=1S/C17H20N2O4S/c1-10-3-14(23-19-10)6-13-7-22-8-15(13)18-17(21)5-12-4-16(11(2)20)24-9-12/h3-4,9,13,15H,5-8H2,1-2H3,(H,18,21)/t13-,15+/m0/s1. The van der Waals surface area contributed by atoms with Gasteiger partial charge in [0, 0.05) is 18.4 Å². The molecule has 6 nitrogen and oxygen atoms in total. The first-order valence-corrected chi connectivity index (χ1v) is 8.77. The van der Waals surface area contributed by atoms with Crippen molar-refractivity contribution in [3.63, 3.8) is 0 Å². The maximum absolute atomic E-state index is 12.3. The van der Waals surface area contributed by atoms with Gasteiger partial charge >= 0.3 is 0 Å². The Kier molecular flexibility index (Phi) is 5.11. The van der Waals surface area contributed by atoms with E-state index in [-0.39, 0.29) is 30.1 Å². The number of hydrogen-bond donors (Lipinski definition) is 1. The van der Waals surface area contributed by atoms with Gasteiger partial charge in [-0.2, -0.15) is 0 Å². The van der Waals surface area contributed by atoms with Gasteiger partial charge in [0.05, 0.1) is 36.2 Å². The molecule has 1 saturated heterocycles. The minimum Gasteiger partial charge on any atom is -0.379 e. The van der Waals surface area contributed by atoms with E-state index in [9.17, 15) is 9.59 Å². The van der Waals surface area contributed by atoms with E-state index in [0.717, 1.165) is 17.0 Å². The first-order valence-electron chi connectivity index (χ1n) is 7.89. The summed E-state index contributed by atoms with van der Waals surface area (Å²) >= 11 is 1.37. The number of ether oxygens (including phenoxy) is 1. The Morgan fingerprint density at radius 3 is 2.88 bits per heavy atom. The Hall–Kier alpha value is -1.99. The topological polar surface area (TPSA) is 81.4 Å². The van der Waals surface area contributed by atoms with Crippen LogP contribution in [0.4, 0.5) is 0 Å². The van der Waals surface area contributed by atoms with Gasteiger partial charge in [-0.05, 0) is 30.9 Å². The van der Waals surface area contributed by atoms with Crippen LogP contribution in [0.5, 0.6) is 0 Å². The van der Waals surface area contributed by atoms with E-state index >= 15 is 0 Å². The number of rotatable bonds is 6. The fourth-order valence-corrected chi connectivity index (χ4v) is 3.64. The fraction of sp³-hybridized carbons (Fsp3) is 0.471. The van der Waals surface area contributed by atoms with Crippen molar-refractivity contribution in [2.45, 2.75) is 32.7 Å². The number of thiophene rings is 1.